The number of benzene rings is 1. The van der Waals surface area contributed by atoms with Gasteiger partial charge in [-0.2, -0.15) is 0 Å². The van der Waals surface area contributed by atoms with Crippen molar-refractivity contribution in [2.75, 3.05) is 12.3 Å². The molecule has 20 heavy (non-hydrogen) atoms. The monoisotopic (exact) mass is 294 g/mol. The first-order chi connectivity index (χ1) is 9.75. The number of amides is 2. The lowest BCUT2D eigenvalue weighted by molar-refractivity contribution is 0.233. The zero-order valence-corrected chi connectivity index (χ0v) is 12.5. The van der Waals surface area contributed by atoms with Crippen LogP contribution in [0, 0.1) is 0 Å². The standard InChI is InChI=1S/C15H22N2O2S/c18-15(17-13-7-3-1-4-8-13)16-11-12-20(19)14-9-5-2-6-10-14/h2,5-6,9-10,13H,1,3-4,7-8,11-12H2,(H2,16,17,18)/t20-/m1/s1. The van der Waals surface area contributed by atoms with Crippen LogP contribution < -0.4 is 10.6 Å². The van der Waals surface area contributed by atoms with Gasteiger partial charge in [0.25, 0.3) is 0 Å². The Morgan fingerprint density at radius 1 is 1.15 bits per heavy atom. The third-order valence-electron chi connectivity index (χ3n) is 3.52. The molecule has 1 aromatic carbocycles. The van der Waals surface area contributed by atoms with Crippen LogP contribution in [-0.4, -0.2) is 28.6 Å². The van der Waals surface area contributed by atoms with Crippen LogP contribution in [0.25, 0.3) is 0 Å². The Kier molecular flexibility index (Phi) is 6.05. The molecule has 0 saturated heterocycles. The number of carbonyl (C=O) groups excluding carboxylic acids is 1. The minimum absolute atomic E-state index is 0.137. The van der Waals surface area contributed by atoms with Gasteiger partial charge in [0.05, 0.1) is 10.8 Å². The van der Waals surface area contributed by atoms with Gasteiger partial charge in [0.15, 0.2) is 0 Å². The molecule has 0 unspecified atom stereocenters. The lowest BCUT2D eigenvalue weighted by Crippen LogP contribution is -2.43. The molecule has 4 nitrogen and oxygen atoms in total. The molecule has 1 atom stereocenters. The molecule has 2 rings (SSSR count). The van der Waals surface area contributed by atoms with E-state index in [-0.39, 0.29) is 6.03 Å². The highest BCUT2D eigenvalue weighted by Crippen LogP contribution is 2.17. The van der Waals surface area contributed by atoms with Crippen LogP contribution in [0.4, 0.5) is 4.79 Å². The summed E-state index contributed by atoms with van der Waals surface area (Å²) >= 11 is 0. The summed E-state index contributed by atoms with van der Waals surface area (Å²) in [6, 6.07) is 9.50. The van der Waals surface area contributed by atoms with E-state index < -0.39 is 10.8 Å². The molecule has 5 heteroatoms. The van der Waals surface area contributed by atoms with Crippen molar-refractivity contribution >= 4 is 16.8 Å². The van der Waals surface area contributed by atoms with Gasteiger partial charge in [-0.3, -0.25) is 4.21 Å². The summed E-state index contributed by atoms with van der Waals surface area (Å²) in [6.45, 7) is 0.431. The minimum atomic E-state index is -1.05. The SMILES string of the molecule is O=C(NCC[S@@](=O)c1ccccc1)NC1CCCCC1. The van der Waals surface area contributed by atoms with Crippen LogP contribution in [0.3, 0.4) is 0 Å². The molecule has 2 N–H and O–H groups in total. The summed E-state index contributed by atoms with van der Waals surface area (Å²) in [7, 11) is -1.05. The molecule has 0 heterocycles. The predicted molar refractivity (Wildman–Crippen MR) is 81.1 cm³/mol. The Morgan fingerprint density at radius 3 is 2.55 bits per heavy atom. The molecule has 0 spiro atoms. The van der Waals surface area contributed by atoms with Crippen molar-refractivity contribution in [2.45, 2.75) is 43.0 Å². The molecule has 1 fully saturated rings. The summed E-state index contributed by atoms with van der Waals surface area (Å²) < 4.78 is 12.0. The molecule has 1 saturated carbocycles. The first-order valence-corrected chi connectivity index (χ1v) is 8.55. The molecular weight excluding hydrogens is 272 g/mol. The molecule has 110 valence electrons. The van der Waals surface area contributed by atoms with Crippen molar-refractivity contribution in [1.29, 1.82) is 0 Å². The summed E-state index contributed by atoms with van der Waals surface area (Å²) in [4.78, 5) is 12.5. The summed E-state index contributed by atoms with van der Waals surface area (Å²) in [5, 5.41) is 5.77. The fourth-order valence-electron chi connectivity index (χ4n) is 2.43. The number of urea groups is 1. The fourth-order valence-corrected chi connectivity index (χ4v) is 3.41. The van der Waals surface area contributed by atoms with E-state index >= 15 is 0 Å². The van der Waals surface area contributed by atoms with Crippen molar-refractivity contribution in [3.63, 3.8) is 0 Å². The largest absolute Gasteiger partial charge is 0.337 e. The lowest BCUT2D eigenvalue weighted by atomic mass is 9.96. The first kappa shape index (κ1) is 15.0. The number of carbonyl (C=O) groups is 1. The summed E-state index contributed by atoms with van der Waals surface area (Å²) in [5.41, 5.74) is 0. The second kappa shape index (κ2) is 8.04. The average Bonchev–Trinajstić information content (AvgIpc) is 2.49. The number of rotatable bonds is 5. The second-order valence-electron chi connectivity index (χ2n) is 5.10. The molecule has 0 bridgehead atoms. The zero-order chi connectivity index (χ0) is 14.2. The van der Waals surface area contributed by atoms with E-state index in [2.05, 4.69) is 10.6 Å². The molecular formula is C15H22N2O2S. The molecule has 0 aromatic heterocycles. The quantitative estimate of drug-likeness (QED) is 0.876. The number of hydrogen-bond acceptors (Lipinski definition) is 2. The van der Waals surface area contributed by atoms with Crippen LogP contribution in [-0.2, 0) is 10.8 Å². The Balaban J connectivity index is 1.65. The van der Waals surface area contributed by atoms with Crippen LogP contribution in [0.1, 0.15) is 32.1 Å². The van der Waals surface area contributed by atoms with Crippen molar-refractivity contribution in [1.82, 2.24) is 10.6 Å². The van der Waals surface area contributed by atoms with Gasteiger partial charge in [0.1, 0.15) is 0 Å². The van der Waals surface area contributed by atoms with Gasteiger partial charge >= 0.3 is 6.03 Å². The molecule has 1 aromatic rings. The maximum Gasteiger partial charge on any atom is 0.315 e. The highest BCUT2D eigenvalue weighted by molar-refractivity contribution is 7.85. The maximum atomic E-state index is 12.0. The third-order valence-corrected chi connectivity index (χ3v) is 4.89. The van der Waals surface area contributed by atoms with Crippen LogP contribution in [0.2, 0.25) is 0 Å². The third kappa shape index (κ3) is 4.96. The highest BCUT2D eigenvalue weighted by atomic mass is 32.2. The van der Waals surface area contributed by atoms with E-state index in [9.17, 15) is 9.00 Å². The molecule has 1 aliphatic carbocycles. The zero-order valence-electron chi connectivity index (χ0n) is 11.6. The number of nitrogens with one attached hydrogen (secondary N) is 2. The summed E-state index contributed by atoms with van der Waals surface area (Å²) in [5.74, 6) is 0.447. The van der Waals surface area contributed by atoms with Crippen LogP contribution in [0.5, 0.6) is 0 Å². The maximum absolute atomic E-state index is 12.0. The van der Waals surface area contributed by atoms with Gasteiger partial charge in [-0.05, 0) is 25.0 Å². The highest BCUT2D eigenvalue weighted by Gasteiger charge is 2.15. The second-order valence-corrected chi connectivity index (χ2v) is 6.67. The number of hydrogen-bond donors (Lipinski definition) is 2. The van der Waals surface area contributed by atoms with Crippen LogP contribution >= 0.6 is 0 Å². The Labute approximate surface area is 122 Å². The molecule has 0 aliphatic heterocycles. The average molecular weight is 294 g/mol. The molecule has 2 amide bonds. The van der Waals surface area contributed by atoms with Gasteiger partial charge in [-0.1, -0.05) is 37.5 Å². The molecule has 0 radical (unpaired) electrons. The van der Waals surface area contributed by atoms with Crippen molar-refractivity contribution in [3.05, 3.63) is 30.3 Å². The van der Waals surface area contributed by atoms with E-state index in [0.29, 0.717) is 18.3 Å². The Hall–Kier alpha value is -1.36. The summed E-state index contributed by atoms with van der Waals surface area (Å²) in [6.07, 6.45) is 5.81. The van der Waals surface area contributed by atoms with Gasteiger partial charge in [-0.25, -0.2) is 4.79 Å². The van der Waals surface area contributed by atoms with Crippen molar-refractivity contribution in [3.8, 4) is 0 Å². The topological polar surface area (TPSA) is 58.2 Å². The van der Waals surface area contributed by atoms with E-state index in [4.69, 9.17) is 0 Å². The van der Waals surface area contributed by atoms with Crippen LogP contribution in [0.15, 0.2) is 35.2 Å². The van der Waals surface area contributed by atoms with E-state index in [1.54, 1.807) is 0 Å². The fraction of sp³-hybridized carbons (Fsp3) is 0.533. The van der Waals surface area contributed by atoms with Gasteiger partial charge < -0.3 is 10.6 Å². The van der Waals surface area contributed by atoms with Gasteiger partial charge in [-0.15, -0.1) is 0 Å². The normalized spacial score (nSPS) is 17.4. The predicted octanol–water partition coefficient (Wildman–Crippen LogP) is 2.43. The Morgan fingerprint density at radius 2 is 1.85 bits per heavy atom. The van der Waals surface area contributed by atoms with E-state index in [1.807, 2.05) is 30.3 Å². The Bertz CT molecular complexity index is 444. The lowest BCUT2D eigenvalue weighted by Gasteiger charge is -2.22. The smallest absolute Gasteiger partial charge is 0.315 e. The van der Waals surface area contributed by atoms with E-state index in [1.165, 1.54) is 19.3 Å². The van der Waals surface area contributed by atoms with Crippen molar-refractivity contribution in [2.24, 2.45) is 0 Å². The van der Waals surface area contributed by atoms with E-state index in [0.717, 1.165) is 17.7 Å². The minimum Gasteiger partial charge on any atom is -0.337 e. The molecule has 1 aliphatic rings. The first-order valence-electron chi connectivity index (χ1n) is 7.23. The van der Waals surface area contributed by atoms with Gasteiger partial charge in [0, 0.05) is 23.2 Å². The van der Waals surface area contributed by atoms with Gasteiger partial charge in [0.2, 0.25) is 0 Å². The van der Waals surface area contributed by atoms with Crippen molar-refractivity contribution < 1.29 is 9.00 Å².